The van der Waals surface area contributed by atoms with E-state index in [4.69, 9.17) is 10.6 Å². The fourth-order valence-corrected chi connectivity index (χ4v) is 1.32. The molecule has 1 aromatic rings. The maximum Gasteiger partial charge on any atom is 0.162 e. The summed E-state index contributed by atoms with van der Waals surface area (Å²) in [4.78, 5) is 8.79. The highest BCUT2D eigenvalue weighted by Crippen LogP contribution is 2.22. The number of nitrogens with zero attached hydrogens (tertiary/aromatic N) is 2. The first-order chi connectivity index (χ1) is 7.53. The number of hydrogen-bond acceptors (Lipinski definition) is 5. The maximum absolute atomic E-state index is 5.39. The monoisotopic (exact) mass is 224 g/mol. The molecule has 1 rings (SSSR count). The predicted octanol–water partition coefficient (Wildman–Crippen LogP) is 1.60. The molecule has 1 aromatic heterocycles. The Hall–Kier alpha value is -1.20. The van der Waals surface area contributed by atoms with Crippen LogP contribution >= 0.6 is 0 Å². The molecule has 0 aromatic carbocycles. The molecule has 0 unspecified atom stereocenters. The van der Waals surface area contributed by atoms with E-state index in [1.54, 1.807) is 7.11 Å². The van der Waals surface area contributed by atoms with Crippen LogP contribution in [-0.4, -0.2) is 17.1 Å². The molecule has 0 aliphatic rings. The number of hydrogen-bond donors (Lipinski definition) is 2. The lowest BCUT2D eigenvalue weighted by molar-refractivity contribution is 0.0114. The van der Waals surface area contributed by atoms with Gasteiger partial charge in [0.15, 0.2) is 5.82 Å². The highest BCUT2D eigenvalue weighted by Gasteiger charge is 2.24. The van der Waals surface area contributed by atoms with Gasteiger partial charge < -0.3 is 10.2 Å². The van der Waals surface area contributed by atoms with Crippen LogP contribution < -0.4 is 11.3 Å². The quantitative estimate of drug-likeness (QED) is 0.587. The highest BCUT2D eigenvalue weighted by atomic mass is 16.5. The molecule has 0 saturated heterocycles. The van der Waals surface area contributed by atoms with Gasteiger partial charge in [-0.2, -0.15) is 0 Å². The van der Waals surface area contributed by atoms with Gasteiger partial charge in [-0.15, -0.1) is 0 Å². The summed E-state index contributed by atoms with van der Waals surface area (Å²) in [6.45, 7) is 5.97. The summed E-state index contributed by atoms with van der Waals surface area (Å²) >= 11 is 0. The molecule has 0 atom stereocenters. The van der Waals surface area contributed by atoms with Gasteiger partial charge >= 0.3 is 0 Å². The van der Waals surface area contributed by atoms with Crippen molar-refractivity contribution in [1.29, 1.82) is 0 Å². The van der Waals surface area contributed by atoms with E-state index in [-0.39, 0.29) is 0 Å². The lowest BCUT2D eigenvalue weighted by atomic mass is 10.1. The minimum Gasteiger partial charge on any atom is -0.371 e. The first-order valence-corrected chi connectivity index (χ1v) is 5.43. The third kappa shape index (κ3) is 2.90. The first kappa shape index (κ1) is 12.9. The minimum absolute atomic E-state index is 0.505. The summed E-state index contributed by atoms with van der Waals surface area (Å²) < 4.78 is 5.36. The van der Waals surface area contributed by atoms with Gasteiger partial charge in [0.25, 0.3) is 0 Å². The molecule has 0 amide bonds. The van der Waals surface area contributed by atoms with Crippen LogP contribution in [-0.2, 0) is 16.8 Å². The Morgan fingerprint density at radius 3 is 2.62 bits per heavy atom. The van der Waals surface area contributed by atoms with Crippen LogP contribution in [0.5, 0.6) is 0 Å². The van der Waals surface area contributed by atoms with Crippen molar-refractivity contribution in [3.05, 3.63) is 17.6 Å². The molecular formula is C11H20N4O. The Morgan fingerprint density at radius 2 is 2.12 bits per heavy atom. The van der Waals surface area contributed by atoms with Crippen LogP contribution in [0.3, 0.4) is 0 Å². The number of ether oxygens (including phenoxy) is 1. The normalized spacial score (nSPS) is 11.6. The van der Waals surface area contributed by atoms with Crippen LogP contribution in [0.15, 0.2) is 6.07 Å². The molecule has 0 aliphatic carbocycles. The Balaban J connectivity index is 3.13. The number of aryl methyl sites for hydroxylation is 1. The zero-order valence-corrected chi connectivity index (χ0v) is 10.4. The first-order valence-electron chi connectivity index (χ1n) is 5.43. The zero-order chi connectivity index (χ0) is 12.2. The van der Waals surface area contributed by atoms with Gasteiger partial charge in [-0.25, -0.2) is 15.8 Å². The van der Waals surface area contributed by atoms with E-state index in [9.17, 15) is 0 Å². The van der Waals surface area contributed by atoms with E-state index in [0.717, 1.165) is 18.5 Å². The summed E-state index contributed by atoms with van der Waals surface area (Å²) in [6, 6.07) is 1.86. The number of methoxy groups -OCH3 is 1. The molecule has 0 bridgehead atoms. The fourth-order valence-electron chi connectivity index (χ4n) is 1.32. The Labute approximate surface area is 96.4 Å². The van der Waals surface area contributed by atoms with Crippen LogP contribution in [0.4, 0.5) is 5.82 Å². The Bertz CT molecular complexity index is 352. The van der Waals surface area contributed by atoms with E-state index < -0.39 is 5.60 Å². The average molecular weight is 224 g/mol. The number of aromatic nitrogens is 2. The molecule has 0 aliphatic heterocycles. The molecule has 0 saturated carbocycles. The minimum atomic E-state index is -0.505. The van der Waals surface area contributed by atoms with Crippen molar-refractivity contribution in [2.24, 2.45) is 5.84 Å². The van der Waals surface area contributed by atoms with Crippen LogP contribution in [0.25, 0.3) is 0 Å². The third-order valence-electron chi connectivity index (χ3n) is 2.48. The largest absolute Gasteiger partial charge is 0.371 e. The number of nitrogens with two attached hydrogens (primary N) is 1. The summed E-state index contributed by atoms with van der Waals surface area (Å²) in [6.07, 6.45) is 1.94. The summed E-state index contributed by atoms with van der Waals surface area (Å²) in [5, 5.41) is 0. The van der Waals surface area contributed by atoms with Crippen LogP contribution in [0, 0.1) is 0 Å². The van der Waals surface area contributed by atoms with Gasteiger partial charge in [-0.1, -0.05) is 13.3 Å². The fraction of sp³-hybridized carbons (Fsp3) is 0.636. The van der Waals surface area contributed by atoms with E-state index in [2.05, 4.69) is 22.3 Å². The molecule has 90 valence electrons. The smallest absolute Gasteiger partial charge is 0.162 e. The lowest BCUT2D eigenvalue weighted by Crippen LogP contribution is -2.25. The van der Waals surface area contributed by atoms with Crippen LogP contribution in [0.2, 0.25) is 0 Å². The van der Waals surface area contributed by atoms with Gasteiger partial charge in [0, 0.05) is 18.9 Å². The number of hydrazine groups is 1. The average Bonchev–Trinajstić information content (AvgIpc) is 2.29. The Morgan fingerprint density at radius 1 is 1.44 bits per heavy atom. The zero-order valence-electron chi connectivity index (χ0n) is 10.4. The summed E-state index contributed by atoms with van der Waals surface area (Å²) in [5.41, 5.74) is 3.03. The van der Waals surface area contributed by atoms with Crippen molar-refractivity contribution in [2.75, 3.05) is 12.5 Å². The summed E-state index contributed by atoms with van der Waals surface area (Å²) in [5.74, 6) is 6.66. The predicted molar refractivity (Wildman–Crippen MR) is 63.9 cm³/mol. The van der Waals surface area contributed by atoms with Crippen molar-refractivity contribution in [3.63, 3.8) is 0 Å². The third-order valence-corrected chi connectivity index (χ3v) is 2.48. The van der Waals surface area contributed by atoms with Gasteiger partial charge in [0.05, 0.1) is 0 Å². The Kier molecular flexibility index (Phi) is 4.20. The van der Waals surface area contributed by atoms with Gasteiger partial charge in [0.2, 0.25) is 0 Å². The molecule has 1 heterocycles. The molecule has 0 radical (unpaired) electrons. The second-order valence-electron chi connectivity index (χ2n) is 4.18. The van der Waals surface area contributed by atoms with Crippen molar-refractivity contribution in [3.8, 4) is 0 Å². The number of anilines is 1. The van der Waals surface area contributed by atoms with E-state index >= 15 is 0 Å². The highest BCUT2D eigenvalue weighted by molar-refractivity contribution is 5.35. The molecule has 3 N–H and O–H groups in total. The van der Waals surface area contributed by atoms with E-state index in [1.165, 1.54) is 0 Å². The van der Waals surface area contributed by atoms with Crippen molar-refractivity contribution in [2.45, 2.75) is 39.2 Å². The second-order valence-corrected chi connectivity index (χ2v) is 4.18. The van der Waals surface area contributed by atoms with Crippen molar-refractivity contribution >= 4 is 5.82 Å². The van der Waals surface area contributed by atoms with Crippen molar-refractivity contribution < 1.29 is 4.74 Å². The SMILES string of the molecule is CCCc1cc(NN)nc(C(C)(C)OC)n1. The maximum atomic E-state index is 5.39. The lowest BCUT2D eigenvalue weighted by Gasteiger charge is -2.22. The van der Waals surface area contributed by atoms with Crippen LogP contribution in [0.1, 0.15) is 38.7 Å². The molecular weight excluding hydrogens is 204 g/mol. The second kappa shape index (κ2) is 5.23. The summed E-state index contributed by atoms with van der Waals surface area (Å²) in [7, 11) is 1.64. The van der Waals surface area contributed by atoms with Gasteiger partial charge in [-0.3, -0.25) is 0 Å². The number of nitrogens with one attached hydrogen (secondary N) is 1. The molecule has 5 nitrogen and oxygen atoms in total. The van der Waals surface area contributed by atoms with E-state index in [1.807, 2.05) is 19.9 Å². The number of rotatable bonds is 5. The molecule has 0 fully saturated rings. The van der Waals surface area contributed by atoms with Gasteiger partial charge in [0.1, 0.15) is 11.4 Å². The number of nitrogen functional groups attached to an aromatic ring is 1. The molecule has 16 heavy (non-hydrogen) atoms. The topological polar surface area (TPSA) is 73.1 Å². The molecule has 0 spiro atoms. The van der Waals surface area contributed by atoms with E-state index in [0.29, 0.717) is 11.6 Å². The standard InChI is InChI=1S/C11H20N4O/c1-5-6-8-7-9(15-12)14-10(13-8)11(2,3)16-4/h7H,5-6,12H2,1-4H3,(H,13,14,15). The van der Waals surface area contributed by atoms with Gasteiger partial charge in [-0.05, 0) is 20.3 Å². The molecule has 5 heteroatoms. The van der Waals surface area contributed by atoms with Crippen molar-refractivity contribution in [1.82, 2.24) is 9.97 Å².